The Morgan fingerprint density at radius 1 is 0.949 bits per heavy atom. The number of nitrogens with one attached hydrogen (secondary N) is 2. The number of nitrogens with zero attached hydrogens (tertiary/aromatic N) is 7. The van der Waals surface area contributed by atoms with Crippen LogP contribution >= 0.6 is 0 Å². The van der Waals surface area contributed by atoms with Gasteiger partial charge in [0.25, 0.3) is 0 Å². The molecule has 13 nitrogen and oxygen atoms in total. The van der Waals surface area contributed by atoms with Crippen molar-refractivity contribution in [2.24, 2.45) is 5.92 Å². The van der Waals surface area contributed by atoms with Gasteiger partial charge in [-0.05, 0) is 36.4 Å². The minimum atomic E-state index is -0.913. The van der Waals surface area contributed by atoms with Gasteiger partial charge in [0, 0.05) is 49.0 Å². The van der Waals surface area contributed by atoms with Gasteiger partial charge in [-0.15, -0.1) is 5.10 Å². The zero-order valence-electron chi connectivity index (χ0n) is 21.0. The van der Waals surface area contributed by atoms with Gasteiger partial charge in [-0.3, -0.25) is 0 Å². The second kappa shape index (κ2) is 10.5. The van der Waals surface area contributed by atoms with Gasteiger partial charge in [-0.1, -0.05) is 23.4 Å². The summed E-state index contributed by atoms with van der Waals surface area (Å²) >= 11 is 0. The predicted molar refractivity (Wildman–Crippen MR) is 144 cm³/mol. The van der Waals surface area contributed by atoms with Crippen molar-refractivity contribution in [1.82, 2.24) is 29.9 Å². The molecule has 0 aliphatic carbocycles. The first kappa shape index (κ1) is 24.6. The Balaban J connectivity index is 1.25. The molecular formula is C26H27N9O4. The van der Waals surface area contributed by atoms with E-state index in [0.29, 0.717) is 80.1 Å². The molecule has 0 spiro atoms. The summed E-state index contributed by atoms with van der Waals surface area (Å²) in [5.74, 6) is 1.34. The fraction of sp³-hybridized carbons (Fsp3) is 0.308. The fourth-order valence-corrected chi connectivity index (χ4v) is 4.69. The Bertz CT molecular complexity index is 1480. The second-order valence-electron chi connectivity index (χ2n) is 9.49. The van der Waals surface area contributed by atoms with E-state index in [1.165, 1.54) is 4.90 Å². The normalized spacial score (nSPS) is 15.7. The number of carbonyl (C=O) groups excluding carboxylic acids is 1. The van der Waals surface area contributed by atoms with Crippen molar-refractivity contribution < 1.29 is 19.4 Å². The van der Waals surface area contributed by atoms with Crippen molar-refractivity contribution in [3.63, 3.8) is 0 Å². The summed E-state index contributed by atoms with van der Waals surface area (Å²) in [6, 6.07) is 16.2. The molecule has 2 aromatic carbocycles. The summed E-state index contributed by atoms with van der Waals surface area (Å²) in [7, 11) is 0. The number of para-hydroxylation sites is 1. The third kappa shape index (κ3) is 5.29. The number of urea groups is 1. The van der Waals surface area contributed by atoms with E-state index in [-0.39, 0.29) is 11.9 Å². The lowest BCUT2D eigenvalue weighted by Crippen LogP contribution is -2.50. The van der Waals surface area contributed by atoms with Crippen molar-refractivity contribution >= 4 is 40.5 Å². The van der Waals surface area contributed by atoms with Crippen LogP contribution in [0.3, 0.4) is 0 Å². The van der Waals surface area contributed by atoms with Crippen LogP contribution in [0.25, 0.3) is 22.6 Å². The molecule has 3 N–H and O–H groups in total. The number of fused-ring (bicyclic) bond motifs is 1. The monoisotopic (exact) mass is 529 g/mol. The highest BCUT2D eigenvalue weighted by molar-refractivity contribution is 5.99. The molecule has 0 unspecified atom stereocenters. The molecular weight excluding hydrogens is 502 g/mol. The van der Waals surface area contributed by atoms with Gasteiger partial charge in [-0.25, -0.2) is 24.2 Å². The second-order valence-corrected chi connectivity index (χ2v) is 9.49. The molecule has 3 amide bonds. The average molecular weight is 530 g/mol. The van der Waals surface area contributed by atoms with Crippen LogP contribution in [0, 0.1) is 5.92 Å². The number of carbonyl (C=O) groups is 2. The highest BCUT2D eigenvalue weighted by Gasteiger charge is 2.32. The number of amides is 3. The molecule has 4 aromatic rings. The van der Waals surface area contributed by atoms with Gasteiger partial charge >= 0.3 is 12.1 Å². The first-order chi connectivity index (χ1) is 19.0. The van der Waals surface area contributed by atoms with Crippen LogP contribution in [0.2, 0.25) is 0 Å². The van der Waals surface area contributed by atoms with E-state index in [9.17, 15) is 9.59 Å². The van der Waals surface area contributed by atoms with Crippen LogP contribution in [0.5, 0.6) is 0 Å². The number of likely N-dealkylation sites (tertiary alicyclic amines) is 1. The lowest BCUT2D eigenvalue weighted by molar-refractivity contribution is 0.0734. The molecule has 0 atom stereocenters. The summed E-state index contributed by atoms with van der Waals surface area (Å²) < 4.78 is 7.26. The molecule has 2 fully saturated rings. The van der Waals surface area contributed by atoms with Crippen molar-refractivity contribution in [2.45, 2.75) is 6.54 Å². The van der Waals surface area contributed by atoms with Crippen molar-refractivity contribution in [3.05, 3.63) is 54.6 Å². The maximum absolute atomic E-state index is 12.4. The van der Waals surface area contributed by atoms with E-state index in [1.807, 2.05) is 42.5 Å². The van der Waals surface area contributed by atoms with E-state index < -0.39 is 6.09 Å². The smallest absolute Gasteiger partial charge is 0.407 e. The molecule has 39 heavy (non-hydrogen) atoms. The van der Waals surface area contributed by atoms with Gasteiger partial charge in [0.05, 0.1) is 19.8 Å². The van der Waals surface area contributed by atoms with Crippen LogP contribution in [-0.2, 0) is 11.3 Å². The third-order valence-electron chi connectivity index (χ3n) is 6.75. The van der Waals surface area contributed by atoms with Crippen molar-refractivity contribution in [2.75, 3.05) is 54.9 Å². The number of hydrogen-bond acceptors (Lipinski definition) is 8. The molecule has 200 valence electrons. The molecule has 4 heterocycles. The van der Waals surface area contributed by atoms with Gasteiger partial charge in [0.1, 0.15) is 0 Å². The molecule has 0 saturated carbocycles. The number of ether oxygens (including phenoxy) is 1. The predicted octanol–water partition coefficient (Wildman–Crippen LogP) is 2.98. The standard InChI is InChI=1S/C26H27N9O4/c36-25(27-19-4-2-1-3-5-19)28-20-8-6-18(7-9-20)22-29-23(33-10-12-39-13-11-33)21-24(30-22)35(32-31-21)16-17-14-34(15-17)26(37)38/h1-9,17H,10-16H2,(H,37,38)(H2,27,28,36). The summed E-state index contributed by atoms with van der Waals surface area (Å²) in [5.41, 5.74) is 3.30. The Morgan fingerprint density at radius 2 is 1.64 bits per heavy atom. The van der Waals surface area contributed by atoms with E-state index in [2.05, 4.69) is 25.8 Å². The van der Waals surface area contributed by atoms with E-state index in [4.69, 9.17) is 19.8 Å². The summed E-state index contributed by atoms with van der Waals surface area (Å²) in [6.07, 6.45) is -0.913. The number of rotatable bonds is 6. The van der Waals surface area contributed by atoms with Gasteiger partial charge in [0.2, 0.25) is 0 Å². The summed E-state index contributed by atoms with van der Waals surface area (Å²) in [4.78, 5) is 36.7. The molecule has 6 rings (SSSR count). The first-order valence-corrected chi connectivity index (χ1v) is 12.7. The van der Waals surface area contributed by atoms with Crippen LogP contribution in [0.4, 0.5) is 26.8 Å². The van der Waals surface area contributed by atoms with E-state index in [0.717, 1.165) is 5.56 Å². The lowest BCUT2D eigenvalue weighted by Gasteiger charge is -2.36. The minimum Gasteiger partial charge on any atom is -0.465 e. The zero-order chi connectivity index (χ0) is 26.8. The Kier molecular flexibility index (Phi) is 6.63. The first-order valence-electron chi connectivity index (χ1n) is 12.7. The van der Waals surface area contributed by atoms with Crippen LogP contribution in [0.1, 0.15) is 0 Å². The lowest BCUT2D eigenvalue weighted by atomic mass is 10.0. The molecule has 2 aromatic heterocycles. The average Bonchev–Trinajstić information content (AvgIpc) is 3.34. The SMILES string of the molecule is O=C(Nc1ccccc1)Nc1ccc(-c2nc(N3CCOCC3)c3nnn(CC4CN(C(=O)O)C4)c3n2)cc1. The molecule has 2 aliphatic heterocycles. The minimum absolute atomic E-state index is 0.142. The Hall–Kier alpha value is -4.78. The van der Waals surface area contributed by atoms with E-state index >= 15 is 0 Å². The maximum atomic E-state index is 12.4. The van der Waals surface area contributed by atoms with Gasteiger partial charge in [0.15, 0.2) is 22.8 Å². The highest BCUT2D eigenvalue weighted by atomic mass is 16.5. The number of benzene rings is 2. The molecule has 2 saturated heterocycles. The molecule has 2 aliphatic rings. The number of aromatic nitrogens is 5. The van der Waals surface area contributed by atoms with Crippen LogP contribution in [0.15, 0.2) is 54.6 Å². The topological polar surface area (TPSA) is 151 Å². The number of carboxylic acid groups (broad SMARTS) is 1. The largest absolute Gasteiger partial charge is 0.465 e. The molecule has 0 radical (unpaired) electrons. The van der Waals surface area contributed by atoms with Gasteiger partial charge < -0.3 is 30.3 Å². The van der Waals surface area contributed by atoms with E-state index in [1.54, 1.807) is 16.8 Å². The third-order valence-corrected chi connectivity index (χ3v) is 6.75. The number of hydrogen-bond donors (Lipinski definition) is 3. The Morgan fingerprint density at radius 3 is 2.33 bits per heavy atom. The van der Waals surface area contributed by atoms with Crippen molar-refractivity contribution in [3.8, 4) is 11.4 Å². The van der Waals surface area contributed by atoms with Crippen LogP contribution < -0.4 is 15.5 Å². The van der Waals surface area contributed by atoms with Crippen molar-refractivity contribution in [1.29, 1.82) is 0 Å². The van der Waals surface area contributed by atoms with Crippen LogP contribution in [-0.4, -0.2) is 86.5 Å². The molecule has 13 heteroatoms. The highest BCUT2D eigenvalue weighted by Crippen LogP contribution is 2.28. The Labute approximate surface area is 223 Å². The molecule has 0 bridgehead atoms. The van der Waals surface area contributed by atoms with Gasteiger partial charge in [-0.2, -0.15) is 0 Å². The quantitative estimate of drug-likeness (QED) is 0.342. The maximum Gasteiger partial charge on any atom is 0.407 e. The summed E-state index contributed by atoms with van der Waals surface area (Å²) in [5, 5.41) is 23.5. The fourth-order valence-electron chi connectivity index (χ4n) is 4.69. The zero-order valence-corrected chi connectivity index (χ0v) is 21.0. The number of anilines is 3. The number of morpholine rings is 1. The summed E-state index contributed by atoms with van der Waals surface area (Å²) in [6.45, 7) is 3.95.